The van der Waals surface area contributed by atoms with Crippen molar-refractivity contribution in [3.8, 4) is 0 Å². The van der Waals surface area contributed by atoms with Crippen molar-refractivity contribution in [2.45, 2.75) is 31.9 Å². The van der Waals surface area contributed by atoms with Crippen molar-refractivity contribution in [3.05, 3.63) is 42.3 Å². The maximum Gasteiger partial charge on any atom is 0.416 e. The first-order chi connectivity index (χ1) is 6.95. The number of hydrogen-bond donors (Lipinski definition) is 0. The summed E-state index contributed by atoms with van der Waals surface area (Å²) in [5, 5.41) is 0. The number of rotatable bonds is 3. The highest BCUT2D eigenvalue weighted by molar-refractivity contribution is 5.26. The molecule has 15 heavy (non-hydrogen) atoms. The maximum atomic E-state index is 12.2. The van der Waals surface area contributed by atoms with E-state index in [9.17, 15) is 13.2 Å². The van der Waals surface area contributed by atoms with Gasteiger partial charge in [-0.15, -0.1) is 0 Å². The van der Waals surface area contributed by atoms with Gasteiger partial charge in [0.05, 0.1) is 5.56 Å². The highest BCUT2D eigenvalue weighted by atomic mass is 19.4. The predicted molar refractivity (Wildman–Crippen MR) is 53.4 cm³/mol. The molecule has 0 nitrogen and oxygen atoms in total. The fourth-order valence-electron chi connectivity index (χ4n) is 1.42. The Morgan fingerprint density at radius 3 is 2.13 bits per heavy atom. The van der Waals surface area contributed by atoms with Gasteiger partial charge in [-0.05, 0) is 43.4 Å². The molecule has 1 atom stereocenters. The van der Waals surface area contributed by atoms with Crippen LogP contribution in [0.15, 0.2) is 24.3 Å². The second kappa shape index (κ2) is 4.69. The average molecular weight is 214 g/mol. The summed E-state index contributed by atoms with van der Waals surface area (Å²) in [5.41, 5.74) is 0.291. The van der Waals surface area contributed by atoms with Crippen LogP contribution in [0.4, 0.5) is 13.2 Å². The van der Waals surface area contributed by atoms with Crippen LogP contribution in [0.1, 0.15) is 36.8 Å². The van der Waals surface area contributed by atoms with Crippen molar-refractivity contribution in [3.63, 3.8) is 0 Å². The molecule has 0 N–H and O–H groups in total. The van der Waals surface area contributed by atoms with Crippen molar-refractivity contribution >= 4 is 0 Å². The quantitative estimate of drug-likeness (QED) is 0.703. The van der Waals surface area contributed by atoms with Crippen LogP contribution in [-0.4, -0.2) is 0 Å². The molecule has 1 rings (SSSR count). The Hall–Kier alpha value is -0.990. The van der Waals surface area contributed by atoms with E-state index in [0.29, 0.717) is 6.42 Å². The third-order valence-corrected chi connectivity index (χ3v) is 2.41. The first-order valence-corrected chi connectivity index (χ1v) is 4.82. The molecule has 0 bridgehead atoms. The fraction of sp³-hybridized carbons (Fsp3) is 0.417. The van der Waals surface area contributed by atoms with Crippen molar-refractivity contribution in [1.82, 2.24) is 0 Å². The van der Waals surface area contributed by atoms with E-state index in [1.807, 2.05) is 6.92 Å². The smallest absolute Gasteiger partial charge is 0.166 e. The second-order valence-electron chi connectivity index (χ2n) is 3.60. The molecule has 0 aliphatic rings. The molecule has 0 heterocycles. The lowest BCUT2D eigenvalue weighted by molar-refractivity contribution is -0.137. The van der Waals surface area contributed by atoms with Gasteiger partial charge in [-0.3, -0.25) is 0 Å². The minimum atomic E-state index is -4.25. The molecule has 2 radical (unpaired) electrons. The highest BCUT2D eigenvalue weighted by Crippen LogP contribution is 2.30. The Bertz CT molecular complexity index is 298. The summed E-state index contributed by atoms with van der Waals surface area (Å²) in [5.74, 6) is 0.206. The Labute approximate surface area is 88.1 Å². The summed E-state index contributed by atoms with van der Waals surface area (Å²) >= 11 is 0. The lowest BCUT2D eigenvalue weighted by Gasteiger charge is -2.12. The van der Waals surface area contributed by atoms with Crippen LogP contribution in [0, 0.1) is 6.92 Å². The van der Waals surface area contributed by atoms with Crippen molar-refractivity contribution in [1.29, 1.82) is 0 Å². The number of alkyl halides is 3. The molecule has 82 valence electrons. The molecule has 0 saturated carbocycles. The molecule has 0 saturated heterocycles. The van der Waals surface area contributed by atoms with Gasteiger partial charge in [0.15, 0.2) is 0 Å². The summed E-state index contributed by atoms with van der Waals surface area (Å²) in [6, 6.07) is 5.26. The standard InChI is InChI=1S/C12H13F3/c1-3-4-9(2)10-5-7-11(8-6-10)12(13,14)15/h1,5-9H,3-4H2,2H3. The van der Waals surface area contributed by atoms with Crippen LogP contribution in [0.2, 0.25) is 0 Å². The Balaban J connectivity index is 2.81. The van der Waals surface area contributed by atoms with Gasteiger partial charge in [0.25, 0.3) is 0 Å². The van der Waals surface area contributed by atoms with E-state index in [4.69, 9.17) is 6.92 Å². The minimum Gasteiger partial charge on any atom is -0.166 e. The van der Waals surface area contributed by atoms with Gasteiger partial charge < -0.3 is 0 Å². The van der Waals surface area contributed by atoms with Crippen molar-refractivity contribution < 1.29 is 13.2 Å². The number of hydrogen-bond acceptors (Lipinski definition) is 0. The van der Waals surface area contributed by atoms with Gasteiger partial charge in [-0.25, -0.2) is 0 Å². The zero-order chi connectivity index (χ0) is 11.5. The first-order valence-electron chi connectivity index (χ1n) is 4.82. The summed E-state index contributed by atoms with van der Waals surface area (Å²) in [6.45, 7) is 7.34. The van der Waals surface area contributed by atoms with E-state index in [1.54, 1.807) is 0 Å². The fourth-order valence-corrected chi connectivity index (χ4v) is 1.42. The summed E-state index contributed by atoms with van der Waals surface area (Å²) < 4.78 is 36.7. The normalized spacial score (nSPS) is 13.9. The third kappa shape index (κ3) is 3.26. The van der Waals surface area contributed by atoms with Gasteiger partial charge in [0.1, 0.15) is 0 Å². The molecule has 0 spiro atoms. The minimum absolute atomic E-state index is 0.206. The maximum absolute atomic E-state index is 12.2. The Morgan fingerprint density at radius 2 is 1.73 bits per heavy atom. The zero-order valence-corrected chi connectivity index (χ0v) is 8.51. The second-order valence-corrected chi connectivity index (χ2v) is 3.60. The van der Waals surface area contributed by atoms with Gasteiger partial charge in [-0.2, -0.15) is 13.2 Å². The van der Waals surface area contributed by atoms with Gasteiger partial charge in [-0.1, -0.05) is 19.1 Å². The van der Waals surface area contributed by atoms with E-state index < -0.39 is 11.7 Å². The molecular formula is C12H13F3. The van der Waals surface area contributed by atoms with E-state index in [1.165, 1.54) is 12.1 Å². The number of halogens is 3. The van der Waals surface area contributed by atoms with Crippen LogP contribution in [0.5, 0.6) is 0 Å². The summed E-state index contributed by atoms with van der Waals surface area (Å²) in [4.78, 5) is 0. The molecular weight excluding hydrogens is 201 g/mol. The molecule has 1 aromatic rings. The topological polar surface area (TPSA) is 0 Å². The third-order valence-electron chi connectivity index (χ3n) is 2.41. The summed E-state index contributed by atoms with van der Waals surface area (Å²) in [6.07, 6.45) is -2.93. The predicted octanol–water partition coefficient (Wildman–Crippen LogP) is 4.30. The average Bonchev–Trinajstić information content (AvgIpc) is 2.17. The highest BCUT2D eigenvalue weighted by Gasteiger charge is 2.30. The van der Waals surface area contributed by atoms with Crippen LogP contribution >= 0.6 is 0 Å². The Morgan fingerprint density at radius 1 is 1.20 bits per heavy atom. The molecule has 3 heteroatoms. The van der Waals surface area contributed by atoms with Crippen molar-refractivity contribution in [2.75, 3.05) is 0 Å². The van der Waals surface area contributed by atoms with Crippen molar-refractivity contribution in [2.24, 2.45) is 0 Å². The monoisotopic (exact) mass is 214 g/mol. The van der Waals surface area contributed by atoms with Crippen LogP contribution in [0.25, 0.3) is 0 Å². The van der Waals surface area contributed by atoms with E-state index >= 15 is 0 Å². The van der Waals surface area contributed by atoms with Gasteiger partial charge in [0, 0.05) is 0 Å². The van der Waals surface area contributed by atoms with E-state index in [2.05, 4.69) is 0 Å². The lowest BCUT2D eigenvalue weighted by atomic mass is 9.96. The lowest BCUT2D eigenvalue weighted by Crippen LogP contribution is -2.05. The molecule has 0 aliphatic heterocycles. The largest absolute Gasteiger partial charge is 0.416 e. The van der Waals surface area contributed by atoms with Crippen LogP contribution in [-0.2, 0) is 6.18 Å². The first kappa shape index (κ1) is 12.1. The SMILES string of the molecule is [CH]CCC(C)c1ccc(C(F)(F)F)cc1. The van der Waals surface area contributed by atoms with Gasteiger partial charge >= 0.3 is 6.18 Å². The molecule has 0 amide bonds. The summed E-state index contributed by atoms with van der Waals surface area (Å²) in [7, 11) is 0. The van der Waals surface area contributed by atoms with Crippen LogP contribution < -0.4 is 0 Å². The van der Waals surface area contributed by atoms with Gasteiger partial charge in [0.2, 0.25) is 0 Å². The Kier molecular flexibility index (Phi) is 3.77. The molecule has 0 aromatic heterocycles. The van der Waals surface area contributed by atoms with Crippen LogP contribution in [0.3, 0.4) is 0 Å². The van der Waals surface area contributed by atoms with E-state index in [0.717, 1.165) is 24.1 Å². The molecule has 0 fully saturated rings. The number of benzene rings is 1. The molecule has 0 aliphatic carbocycles. The molecule has 1 aromatic carbocycles. The molecule has 1 unspecified atom stereocenters. The van der Waals surface area contributed by atoms with E-state index in [-0.39, 0.29) is 5.92 Å². The zero-order valence-electron chi connectivity index (χ0n) is 8.51.